The molecule has 0 aromatic rings. The van der Waals surface area contributed by atoms with Crippen LogP contribution in [0, 0.1) is 0 Å². The van der Waals surface area contributed by atoms with Gasteiger partial charge in [-0.2, -0.15) is 0 Å². The molecule has 0 saturated carbocycles. The average molecular weight is 698 g/mol. The minimum atomic E-state index is -4.38. The van der Waals surface area contributed by atoms with Crippen LogP contribution in [-0.4, -0.2) is 49.3 Å². The van der Waals surface area contributed by atoms with Crippen molar-refractivity contribution in [3.05, 3.63) is 48.6 Å². The summed E-state index contributed by atoms with van der Waals surface area (Å²) in [7, 11) is -4.38. The molecule has 0 fully saturated rings. The third-order valence-electron chi connectivity index (χ3n) is 7.44. The third kappa shape index (κ3) is 33.9. The van der Waals surface area contributed by atoms with Gasteiger partial charge in [-0.3, -0.25) is 18.6 Å². The molecule has 0 bridgehead atoms. The van der Waals surface area contributed by atoms with Gasteiger partial charge in [-0.05, 0) is 77.0 Å². The van der Waals surface area contributed by atoms with E-state index in [0.29, 0.717) is 12.8 Å². The van der Waals surface area contributed by atoms with Crippen molar-refractivity contribution in [1.29, 1.82) is 0 Å². The number of esters is 2. The van der Waals surface area contributed by atoms with Crippen LogP contribution in [0.1, 0.15) is 149 Å². The highest BCUT2D eigenvalue weighted by Crippen LogP contribution is 2.43. The maximum Gasteiger partial charge on any atom is 0.472 e. The van der Waals surface area contributed by atoms with Gasteiger partial charge in [-0.15, -0.1) is 0 Å². The number of phosphoric ester groups is 1. The standard InChI is InChI=1S/C38H68NO8P/c1-3-5-7-9-11-13-15-17-18-19-21-22-24-26-28-30-37(40)44-34-36(35-46-48(42,43)45-33-32-39)47-38(41)31-29-27-25-23-20-16-14-12-10-8-6-4-2/h11-14,17-18,21-22,36H,3-10,15-16,19-20,23-35,39H2,1-2H3,(H,42,43)/b13-11+,14-12+,18-17+,22-21+/t36-/m1/s1. The summed E-state index contributed by atoms with van der Waals surface area (Å²) in [6.07, 6.45) is 37.1. The monoisotopic (exact) mass is 697 g/mol. The highest BCUT2D eigenvalue weighted by molar-refractivity contribution is 7.47. The topological polar surface area (TPSA) is 134 Å². The van der Waals surface area contributed by atoms with Gasteiger partial charge in [0.05, 0.1) is 13.2 Å². The number of nitrogens with two attached hydrogens (primary N) is 1. The average Bonchev–Trinajstić information content (AvgIpc) is 3.07. The Labute approximate surface area is 292 Å². The van der Waals surface area contributed by atoms with Crippen LogP contribution in [0.15, 0.2) is 48.6 Å². The van der Waals surface area contributed by atoms with Crippen LogP contribution in [0.5, 0.6) is 0 Å². The first-order valence-corrected chi connectivity index (χ1v) is 20.1. The van der Waals surface area contributed by atoms with Crippen LogP contribution in [-0.2, 0) is 32.7 Å². The SMILES string of the molecule is CCCCC/C=C/C/C=C/C/C=C/CCCCC(=O)OC[C@H](COP(=O)(O)OCCN)OC(=O)CCCCCCC/C=C/CCCCC. The zero-order valence-corrected chi connectivity index (χ0v) is 31.1. The maximum atomic E-state index is 12.5. The second-order valence-electron chi connectivity index (χ2n) is 12.1. The molecule has 1 unspecified atom stereocenters. The predicted octanol–water partition coefficient (Wildman–Crippen LogP) is 9.99. The van der Waals surface area contributed by atoms with E-state index in [1.807, 2.05) is 0 Å². The molecule has 10 heteroatoms. The lowest BCUT2D eigenvalue weighted by Crippen LogP contribution is -2.29. The normalized spacial score (nSPS) is 14.0. The molecule has 0 aromatic carbocycles. The van der Waals surface area contributed by atoms with Crippen molar-refractivity contribution in [1.82, 2.24) is 0 Å². The van der Waals surface area contributed by atoms with Crippen molar-refractivity contribution in [2.45, 2.75) is 155 Å². The van der Waals surface area contributed by atoms with E-state index in [4.69, 9.17) is 24.3 Å². The summed E-state index contributed by atoms with van der Waals surface area (Å²) in [5.41, 5.74) is 5.32. The van der Waals surface area contributed by atoms with E-state index in [0.717, 1.165) is 70.6 Å². The van der Waals surface area contributed by atoms with E-state index in [1.165, 1.54) is 38.5 Å². The Morgan fingerprint density at radius 1 is 0.625 bits per heavy atom. The van der Waals surface area contributed by atoms with Gasteiger partial charge in [0.25, 0.3) is 0 Å². The van der Waals surface area contributed by atoms with Crippen LogP contribution in [0.3, 0.4) is 0 Å². The second kappa shape index (κ2) is 34.8. The van der Waals surface area contributed by atoms with Crippen LogP contribution in [0.4, 0.5) is 0 Å². The van der Waals surface area contributed by atoms with Crippen LogP contribution >= 0.6 is 7.82 Å². The van der Waals surface area contributed by atoms with Crippen molar-refractivity contribution in [2.24, 2.45) is 5.73 Å². The van der Waals surface area contributed by atoms with E-state index in [-0.39, 0.29) is 32.6 Å². The number of carbonyl (C=O) groups is 2. The van der Waals surface area contributed by atoms with Gasteiger partial charge in [0, 0.05) is 19.4 Å². The number of carbonyl (C=O) groups excluding carboxylic acids is 2. The fourth-order valence-corrected chi connectivity index (χ4v) is 5.40. The molecule has 3 N–H and O–H groups in total. The Balaban J connectivity index is 4.33. The Morgan fingerprint density at radius 2 is 1.08 bits per heavy atom. The molecule has 0 aliphatic carbocycles. The summed E-state index contributed by atoms with van der Waals surface area (Å²) < 4.78 is 32.6. The Hall–Kier alpha value is -2.03. The Bertz CT molecular complexity index is 934. The first kappa shape index (κ1) is 46.0. The molecule has 278 valence electrons. The lowest BCUT2D eigenvalue weighted by molar-refractivity contribution is -0.161. The van der Waals surface area contributed by atoms with Crippen LogP contribution in [0.2, 0.25) is 0 Å². The minimum Gasteiger partial charge on any atom is -0.462 e. The van der Waals surface area contributed by atoms with Gasteiger partial charge in [0.1, 0.15) is 6.61 Å². The van der Waals surface area contributed by atoms with Crippen molar-refractivity contribution in [2.75, 3.05) is 26.4 Å². The van der Waals surface area contributed by atoms with Gasteiger partial charge in [-0.25, -0.2) is 4.57 Å². The number of rotatable bonds is 34. The molecule has 0 aliphatic heterocycles. The molecule has 0 aliphatic rings. The van der Waals surface area contributed by atoms with Gasteiger partial charge in [0.2, 0.25) is 0 Å². The summed E-state index contributed by atoms with van der Waals surface area (Å²) in [6, 6.07) is 0. The molecule has 0 heterocycles. The fourth-order valence-electron chi connectivity index (χ4n) is 4.63. The van der Waals surface area contributed by atoms with Crippen molar-refractivity contribution in [3.63, 3.8) is 0 Å². The van der Waals surface area contributed by atoms with Crippen molar-refractivity contribution < 1.29 is 37.6 Å². The number of allylic oxidation sites excluding steroid dienone is 8. The number of hydrogen-bond acceptors (Lipinski definition) is 8. The van der Waals surface area contributed by atoms with Crippen molar-refractivity contribution in [3.8, 4) is 0 Å². The van der Waals surface area contributed by atoms with Crippen molar-refractivity contribution >= 4 is 19.8 Å². The lowest BCUT2D eigenvalue weighted by Gasteiger charge is -2.19. The molecular formula is C38H68NO8P. The van der Waals surface area contributed by atoms with Crippen LogP contribution in [0.25, 0.3) is 0 Å². The number of unbranched alkanes of at least 4 members (excludes halogenated alkanes) is 13. The summed E-state index contributed by atoms with van der Waals surface area (Å²) in [5.74, 6) is -0.890. The predicted molar refractivity (Wildman–Crippen MR) is 196 cm³/mol. The summed E-state index contributed by atoms with van der Waals surface area (Å²) in [6.45, 7) is 3.59. The Morgan fingerprint density at radius 3 is 1.67 bits per heavy atom. The van der Waals surface area contributed by atoms with E-state index < -0.39 is 32.5 Å². The first-order valence-electron chi connectivity index (χ1n) is 18.6. The van der Waals surface area contributed by atoms with E-state index in [9.17, 15) is 19.0 Å². The van der Waals surface area contributed by atoms with Gasteiger partial charge < -0.3 is 20.1 Å². The highest BCUT2D eigenvalue weighted by atomic mass is 31.2. The molecule has 0 amide bonds. The van der Waals surface area contributed by atoms with Crippen LogP contribution < -0.4 is 5.73 Å². The summed E-state index contributed by atoms with van der Waals surface area (Å²) in [4.78, 5) is 34.6. The van der Waals surface area contributed by atoms with Gasteiger partial charge in [-0.1, -0.05) is 107 Å². The largest absolute Gasteiger partial charge is 0.472 e. The van der Waals surface area contributed by atoms with E-state index in [2.05, 4.69) is 62.5 Å². The molecule has 48 heavy (non-hydrogen) atoms. The molecule has 0 rings (SSSR count). The second-order valence-corrected chi connectivity index (χ2v) is 13.5. The van der Waals surface area contributed by atoms with Gasteiger partial charge in [0.15, 0.2) is 6.10 Å². The molecule has 0 spiro atoms. The zero-order valence-electron chi connectivity index (χ0n) is 30.2. The smallest absolute Gasteiger partial charge is 0.462 e. The maximum absolute atomic E-state index is 12.5. The lowest BCUT2D eigenvalue weighted by atomic mass is 10.1. The van der Waals surface area contributed by atoms with Gasteiger partial charge >= 0.3 is 19.8 Å². The van der Waals surface area contributed by atoms with E-state index in [1.54, 1.807) is 0 Å². The highest BCUT2D eigenvalue weighted by Gasteiger charge is 2.25. The molecule has 2 atom stereocenters. The molecule has 0 saturated heterocycles. The number of ether oxygens (including phenoxy) is 2. The molecule has 0 radical (unpaired) electrons. The third-order valence-corrected chi connectivity index (χ3v) is 8.42. The number of phosphoric acid groups is 1. The minimum absolute atomic E-state index is 0.0453. The molecule has 0 aromatic heterocycles. The summed E-state index contributed by atoms with van der Waals surface area (Å²) >= 11 is 0. The molecular weight excluding hydrogens is 629 g/mol. The summed E-state index contributed by atoms with van der Waals surface area (Å²) in [5, 5.41) is 0. The van der Waals surface area contributed by atoms with E-state index >= 15 is 0 Å². The Kier molecular flexibility index (Phi) is 33.3. The molecule has 9 nitrogen and oxygen atoms in total. The zero-order chi connectivity index (χ0) is 35.4. The fraction of sp³-hybridized carbons (Fsp3) is 0.737. The quantitative estimate of drug-likeness (QED) is 0.0291. The number of hydrogen-bond donors (Lipinski definition) is 2. The first-order chi connectivity index (χ1) is 23.3.